The summed E-state index contributed by atoms with van der Waals surface area (Å²) in [6, 6.07) is 3.12. The predicted octanol–water partition coefficient (Wildman–Crippen LogP) is 2.27. The fraction of sp³-hybridized carbons (Fsp3) is 0.143. The molecule has 90 valence electrons. The van der Waals surface area contributed by atoms with Crippen LogP contribution in [0, 0.1) is 0 Å². The molecule has 1 rings (SSSR count). The van der Waals surface area contributed by atoms with E-state index >= 15 is 0 Å². The maximum atomic E-state index is 11.9. The first kappa shape index (κ1) is 12.9. The third kappa shape index (κ3) is 2.50. The van der Waals surface area contributed by atoms with Crippen LogP contribution < -0.4 is 4.18 Å². The molecule has 0 heterocycles. The van der Waals surface area contributed by atoms with Crippen LogP contribution in [0.3, 0.4) is 0 Å². The lowest BCUT2D eigenvalue weighted by molar-refractivity contribution is -0.0500. The van der Waals surface area contributed by atoms with Gasteiger partial charge < -0.3 is 9.29 Å². The van der Waals surface area contributed by atoms with Gasteiger partial charge in [0.05, 0.1) is 5.02 Å². The molecule has 0 fully saturated rings. The monoisotopic (exact) mass is 276 g/mol. The Bertz CT molecular complexity index is 497. The molecule has 0 unspecified atom stereocenters. The smallest absolute Gasteiger partial charge is 0.503 e. The molecular weight excluding hydrogens is 273 g/mol. The highest BCUT2D eigenvalue weighted by Gasteiger charge is 2.48. The zero-order valence-corrected chi connectivity index (χ0v) is 8.90. The van der Waals surface area contributed by atoms with Crippen molar-refractivity contribution in [1.82, 2.24) is 0 Å². The van der Waals surface area contributed by atoms with Gasteiger partial charge in [-0.3, -0.25) is 0 Å². The van der Waals surface area contributed by atoms with Gasteiger partial charge in [-0.1, -0.05) is 17.7 Å². The molecule has 4 nitrogen and oxygen atoms in total. The lowest BCUT2D eigenvalue weighted by atomic mass is 10.3. The Morgan fingerprint density at radius 2 is 1.88 bits per heavy atom. The molecular formula is C7H4ClF3O4S. The van der Waals surface area contributed by atoms with Gasteiger partial charge in [-0.2, -0.15) is 21.6 Å². The van der Waals surface area contributed by atoms with Gasteiger partial charge in [0, 0.05) is 0 Å². The second-order valence-corrected chi connectivity index (χ2v) is 4.51. The zero-order valence-electron chi connectivity index (χ0n) is 7.32. The summed E-state index contributed by atoms with van der Waals surface area (Å²) in [6.45, 7) is 0. The van der Waals surface area contributed by atoms with Crippen molar-refractivity contribution in [2.45, 2.75) is 5.51 Å². The Hall–Kier alpha value is -1.15. The highest BCUT2D eigenvalue weighted by atomic mass is 35.5. The number of para-hydroxylation sites is 1. The van der Waals surface area contributed by atoms with Crippen LogP contribution >= 0.6 is 11.6 Å². The van der Waals surface area contributed by atoms with Crippen molar-refractivity contribution in [3.8, 4) is 11.5 Å². The molecule has 9 heteroatoms. The van der Waals surface area contributed by atoms with Crippen LogP contribution in [0.5, 0.6) is 11.5 Å². The number of phenolic OH excluding ortho intramolecular Hbond substituents is 1. The number of phenols is 1. The Morgan fingerprint density at radius 1 is 1.31 bits per heavy atom. The lowest BCUT2D eigenvalue weighted by Gasteiger charge is -2.10. The molecule has 0 saturated carbocycles. The van der Waals surface area contributed by atoms with Gasteiger partial charge in [0.15, 0.2) is 11.5 Å². The summed E-state index contributed by atoms with van der Waals surface area (Å²) in [7, 11) is -5.81. The molecule has 1 N–H and O–H groups in total. The summed E-state index contributed by atoms with van der Waals surface area (Å²) in [5.74, 6) is -1.76. The van der Waals surface area contributed by atoms with Gasteiger partial charge >= 0.3 is 15.6 Å². The zero-order chi connectivity index (χ0) is 12.6. The molecule has 0 aliphatic carbocycles. The minimum Gasteiger partial charge on any atom is -0.503 e. The van der Waals surface area contributed by atoms with Crippen molar-refractivity contribution in [2.75, 3.05) is 0 Å². The van der Waals surface area contributed by atoms with Gasteiger partial charge in [0.1, 0.15) is 0 Å². The Kier molecular flexibility index (Phi) is 3.25. The van der Waals surface area contributed by atoms with E-state index in [-0.39, 0.29) is 5.02 Å². The first-order chi connectivity index (χ1) is 7.15. The highest BCUT2D eigenvalue weighted by molar-refractivity contribution is 7.88. The van der Waals surface area contributed by atoms with Crippen LogP contribution in [0.15, 0.2) is 18.2 Å². The molecule has 0 saturated heterocycles. The SMILES string of the molecule is O=S(=O)(Oc1cccc(Cl)c1O)C(F)(F)F. The van der Waals surface area contributed by atoms with Crippen LogP contribution in [-0.4, -0.2) is 19.0 Å². The van der Waals surface area contributed by atoms with Gasteiger partial charge in [-0.15, -0.1) is 0 Å². The summed E-state index contributed by atoms with van der Waals surface area (Å²) >= 11 is 5.35. The second kappa shape index (κ2) is 4.02. The van der Waals surface area contributed by atoms with Crippen molar-refractivity contribution >= 4 is 21.7 Å². The van der Waals surface area contributed by atoms with Crippen LogP contribution in [0.4, 0.5) is 13.2 Å². The van der Waals surface area contributed by atoms with Gasteiger partial charge in [0.2, 0.25) is 0 Å². The van der Waals surface area contributed by atoms with Crippen molar-refractivity contribution in [3.05, 3.63) is 23.2 Å². The van der Waals surface area contributed by atoms with Crippen LogP contribution in [0.2, 0.25) is 5.02 Å². The van der Waals surface area contributed by atoms with E-state index in [1.54, 1.807) is 0 Å². The van der Waals surface area contributed by atoms with Crippen molar-refractivity contribution < 1.29 is 30.9 Å². The molecule has 0 amide bonds. The molecule has 0 atom stereocenters. The second-order valence-electron chi connectivity index (χ2n) is 2.57. The molecule has 0 aliphatic heterocycles. The third-order valence-corrected chi connectivity index (χ3v) is 2.70. The number of hydrogen-bond donors (Lipinski definition) is 1. The summed E-state index contributed by atoms with van der Waals surface area (Å²) in [6.07, 6.45) is 0. The minimum atomic E-state index is -5.81. The van der Waals surface area contributed by atoms with Crippen LogP contribution in [-0.2, 0) is 10.1 Å². The predicted molar refractivity (Wildman–Crippen MR) is 48.7 cm³/mol. The number of aromatic hydroxyl groups is 1. The molecule has 0 spiro atoms. The fourth-order valence-corrected chi connectivity index (χ4v) is 1.36. The lowest BCUT2D eigenvalue weighted by Crippen LogP contribution is -2.28. The normalized spacial score (nSPS) is 12.5. The highest BCUT2D eigenvalue weighted by Crippen LogP contribution is 2.36. The molecule has 0 aliphatic rings. The number of benzene rings is 1. The van der Waals surface area contributed by atoms with E-state index in [4.69, 9.17) is 16.7 Å². The minimum absolute atomic E-state index is 0.324. The van der Waals surface area contributed by atoms with E-state index in [9.17, 15) is 21.6 Å². The standard InChI is InChI=1S/C7H4ClF3O4S/c8-4-2-1-3-5(6(4)12)15-16(13,14)7(9,10)11/h1-3,12H. The topological polar surface area (TPSA) is 63.6 Å². The van der Waals surface area contributed by atoms with E-state index in [1.165, 1.54) is 0 Å². The quantitative estimate of drug-likeness (QED) is 0.665. The van der Waals surface area contributed by atoms with Crippen LogP contribution in [0.1, 0.15) is 0 Å². The maximum absolute atomic E-state index is 11.9. The average Bonchev–Trinajstić information content (AvgIpc) is 2.11. The van der Waals surface area contributed by atoms with Crippen molar-refractivity contribution in [3.63, 3.8) is 0 Å². The molecule has 16 heavy (non-hydrogen) atoms. The van der Waals surface area contributed by atoms with Gasteiger partial charge in [-0.05, 0) is 12.1 Å². The first-order valence-corrected chi connectivity index (χ1v) is 5.42. The molecule has 1 aromatic rings. The number of rotatable bonds is 2. The number of alkyl halides is 3. The Balaban J connectivity index is 3.12. The largest absolute Gasteiger partial charge is 0.534 e. The van der Waals surface area contributed by atoms with Crippen molar-refractivity contribution in [1.29, 1.82) is 0 Å². The molecule has 0 aromatic heterocycles. The fourth-order valence-electron chi connectivity index (χ4n) is 0.728. The molecule has 0 bridgehead atoms. The van der Waals surface area contributed by atoms with Crippen LogP contribution in [0.25, 0.3) is 0 Å². The summed E-state index contributed by atoms with van der Waals surface area (Å²) in [5.41, 5.74) is -5.57. The van der Waals surface area contributed by atoms with Gasteiger partial charge in [0.25, 0.3) is 0 Å². The number of halogens is 4. The molecule has 1 aromatic carbocycles. The van der Waals surface area contributed by atoms with Crippen molar-refractivity contribution in [2.24, 2.45) is 0 Å². The molecule has 0 radical (unpaired) electrons. The van der Waals surface area contributed by atoms with E-state index < -0.39 is 27.1 Å². The Labute approximate surface area is 93.3 Å². The maximum Gasteiger partial charge on any atom is 0.534 e. The van der Waals surface area contributed by atoms with E-state index in [0.29, 0.717) is 0 Å². The Morgan fingerprint density at radius 3 is 2.38 bits per heavy atom. The first-order valence-electron chi connectivity index (χ1n) is 3.63. The van der Waals surface area contributed by atoms with Gasteiger partial charge in [-0.25, -0.2) is 0 Å². The third-order valence-electron chi connectivity index (χ3n) is 1.43. The van der Waals surface area contributed by atoms with E-state index in [0.717, 1.165) is 18.2 Å². The number of hydrogen-bond acceptors (Lipinski definition) is 4. The van der Waals surface area contributed by atoms with E-state index in [1.807, 2.05) is 0 Å². The summed E-state index contributed by atoms with van der Waals surface area (Å²) < 4.78 is 60.6. The average molecular weight is 277 g/mol. The van der Waals surface area contributed by atoms with E-state index in [2.05, 4.69) is 4.18 Å². The summed E-state index contributed by atoms with van der Waals surface area (Å²) in [4.78, 5) is 0. The summed E-state index contributed by atoms with van der Waals surface area (Å²) in [5, 5.41) is 8.81.